The highest BCUT2D eigenvalue weighted by Crippen LogP contribution is 2.29. The monoisotopic (exact) mass is 319 g/mol. The van der Waals surface area contributed by atoms with Crippen LogP contribution in [-0.2, 0) is 12.7 Å². The van der Waals surface area contributed by atoms with E-state index in [1.54, 1.807) is 7.05 Å². The SMILES string of the molecule is CNC(=O)NC1CCN(Cc2ccc(C(F)(F)F)cc2)CC1.[HH].[HH]. The molecule has 1 aromatic carbocycles. The Bertz CT molecular complexity index is 504. The normalized spacial score (nSPS) is 17.3. The molecule has 4 nitrogen and oxygen atoms in total. The second-order valence-electron chi connectivity index (χ2n) is 5.47. The van der Waals surface area contributed by atoms with Gasteiger partial charge in [-0.3, -0.25) is 4.90 Å². The number of piperidine rings is 1. The fourth-order valence-corrected chi connectivity index (χ4v) is 2.55. The van der Waals surface area contributed by atoms with Gasteiger partial charge in [-0.2, -0.15) is 13.2 Å². The summed E-state index contributed by atoms with van der Waals surface area (Å²) in [5, 5.41) is 5.40. The third kappa shape index (κ3) is 4.62. The molecule has 0 unspecified atom stereocenters. The first kappa shape index (κ1) is 16.6. The second kappa shape index (κ2) is 7.00. The molecule has 7 heteroatoms. The molecule has 22 heavy (non-hydrogen) atoms. The summed E-state index contributed by atoms with van der Waals surface area (Å²) in [6.07, 6.45) is -2.61. The smallest absolute Gasteiger partial charge is 0.341 e. The third-order valence-electron chi connectivity index (χ3n) is 3.84. The molecular formula is C15H24F3N3O. The Hall–Kier alpha value is -1.76. The Balaban J connectivity index is 0.00000264. The van der Waals surface area contributed by atoms with E-state index in [1.165, 1.54) is 12.1 Å². The summed E-state index contributed by atoms with van der Waals surface area (Å²) >= 11 is 0. The average molecular weight is 319 g/mol. The van der Waals surface area contributed by atoms with Crippen molar-refractivity contribution >= 4 is 6.03 Å². The molecule has 0 spiro atoms. The van der Waals surface area contributed by atoms with Crippen molar-refractivity contribution in [1.82, 2.24) is 15.5 Å². The summed E-state index contributed by atoms with van der Waals surface area (Å²) < 4.78 is 37.5. The van der Waals surface area contributed by atoms with Gasteiger partial charge in [0.05, 0.1) is 5.56 Å². The maximum Gasteiger partial charge on any atom is 0.416 e. The molecular weight excluding hydrogens is 295 g/mol. The summed E-state index contributed by atoms with van der Waals surface area (Å²) in [4.78, 5) is 13.4. The van der Waals surface area contributed by atoms with Gasteiger partial charge in [-0.1, -0.05) is 12.1 Å². The van der Waals surface area contributed by atoms with E-state index < -0.39 is 11.7 Å². The Labute approximate surface area is 130 Å². The van der Waals surface area contributed by atoms with Crippen LogP contribution >= 0.6 is 0 Å². The van der Waals surface area contributed by atoms with Crippen LogP contribution in [0.25, 0.3) is 0 Å². The fraction of sp³-hybridized carbons (Fsp3) is 0.533. The molecule has 1 fully saturated rings. The van der Waals surface area contributed by atoms with Gasteiger partial charge >= 0.3 is 12.2 Å². The number of carbonyl (C=O) groups excluding carboxylic acids is 1. The van der Waals surface area contributed by atoms with E-state index in [0.29, 0.717) is 6.54 Å². The van der Waals surface area contributed by atoms with E-state index in [9.17, 15) is 18.0 Å². The number of amides is 2. The van der Waals surface area contributed by atoms with E-state index in [0.717, 1.165) is 43.6 Å². The summed E-state index contributed by atoms with van der Waals surface area (Å²) in [6.45, 7) is 2.26. The van der Waals surface area contributed by atoms with E-state index in [4.69, 9.17) is 0 Å². The van der Waals surface area contributed by atoms with Gasteiger partial charge in [-0.05, 0) is 30.5 Å². The van der Waals surface area contributed by atoms with Gasteiger partial charge in [-0.25, -0.2) is 4.79 Å². The number of alkyl halides is 3. The molecule has 2 N–H and O–H groups in total. The Kier molecular flexibility index (Phi) is 5.28. The number of likely N-dealkylation sites (tertiary alicyclic amines) is 1. The lowest BCUT2D eigenvalue weighted by molar-refractivity contribution is -0.137. The van der Waals surface area contributed by atoms with Gasteiger partial charge in [-0.15, -0.1) is 0 Å². The molecule has 1 aliphatic heterocycles. The van der Waals surface area contributed by atoms with Gasteiger partial charge in [0.25, 0.3) is 0 Å². The van der Waals surface area contributed by atoms with Crippen molar-refractivity contribution < 1.29 is 20.8 Å². The molecule has 0 aliphatic carbocycles. The number of nitrogens with one attached hydrogen (secondary N) is 2. The maximum absolute atomic E-state index is 12.5. The number of halogens is 3. The molecule has 1 saturated heterocycles. The Morgan fingerprint density at radius 2 is 1.86 bits per heavy atom. The van der Waals surface area contributed by atoms with Gasteiger partial charge in [0.15, 0.2) is 0 Å². The van der Waals surface area contributed by atoms with Crippen molar-refractivity contribution in [3.05, 3.63) is 35.4 Å². The number of nitrogens with zero attached hydrogens (tertiary/aromatic N) is 1. The van der Waals surface area contributed by atoms with Crippen LogP contribution < -0.4 is 10.6 Å². The zero-order valence-corrected chi connectivity index (χ0v) is 12.4. The van der Waals surface area contributed by atoms with E-state index in [-0.39, 0.29) is 14.9 Å². The minimum atomic E-state index is -4.29. The highest BCUT2D eigenvalue weighted by Gasteiger charge is 2.30. The molecule has 0 aromatic heterocycles. The number of benzene rings is 1. The average Bonchev–Trinajstić information content (AvgIpc) is 2.49. The van der Waals surface area contributed by atoms with Crippen LogP contribution in [0.2, 0.25) is 0 Å². The van der Waals surface area contributed by atoms with Crippen molar-refractivity contribution in [2.75, 3.05) is 20.1 Å². The number of hydrogen-bond acceptors (Lipinski definition) is 2. The lowest BCUT2D eigenvalue weighted by atomic mass is 10.0. The van der Waals surface area contributed by atoms with Crippen molar-refractivity contribution in [3.63, 3.8) is 0 Å². The van der Waals surface area contributed by atoms with Crippen LogP contribution in [0.5, 0.6) is 0 Å². The largest absolute Gasteiger partial charge is 0.416 e. The highest BCUT2D eigenvalue weighted by molar-refractivity contribution is 5.73. The third-order valence-corrected chi connectivity index (χ3v) is 3.84. The first-order valence-electron chi connectivity index (χ1n) is 7.25. The maximum atomic E-state index is 12.5. The van der Waals surface area contributed by atoms with E-state index >= 15 is 0 Å². The molecule has 2 amide bonds. The lowest BCUT2D eigenvalue weighted by Gasteiger charge is -2.32. The van der Waals surface area contributed by atoms with Crippen LogP contribution in [-0.4, -0.2) is 37.1 Å². The van der Waals surface area contributed by atoms with Crippen molar-refractivity contribution in [1.29, 1.82) is 0 Å². The molecule has 2 rings (SSSR count). The molecule has 0 saturated carbocycles. The minimum absolute atomic E-state index is 0. The first-order chi connectivity index (χ1) is 10.4. The molecule has 126 valence electrons. The Morgan fingerprint density at radius 1 is 1.27 bits per heavy atom. The van der Waals surface area contributed by atoms with Crippen molar-refractivity contribution in [2.24, 2.45) is 0 Å². The molecule has 0 atom stereocenters. The first-order valence-corrected chi connectivity index (χ1v) is 7.25. The summed E-state index contributed by atoms with van der Waals surface area (Å²) in [5.41, 5.74) is 0.246. The molecule has 0 bridgehead atoms. The van der Waals surface area contributed by atoms with Gasteiger partial charge in [0.2, 0.25) is 0 Å². The predicted octanol–water partition coefficient (Wildman–Crippen LogP) is 3.09. The van der Waals surface area contributed by atoms with Gasteiger partial charge < -0.3 is 10.6 Å². The standard InChI is InChI=1S/C15H20F3N3O.2H2/c1-19-14(22)20-13-6-8-21(9-7-13)10-11-2-4-12(5-3-11)15(16,17)18;;/h2-5,13H,6-10H2,1H3,(H2,19,20,22);2*1H. The zero-order valence-electron chi connectivity index (χ0n) is 12.4. The molecule has 1 aromatic rings. The summed E-state index contributed by atoms with van der Waals surface area (Å²) in [5.74, 6) is 0. The summed E-state index contributed by atoms with van der Waals surface area (Å²) in [7, 11) is 1.58. The van der Waals surface area contributed by atoms with Gasteiger partial charge in [0.1, 0.15) is 0 Å². The van der Waals surface area contributed by atoms with Crippen LogP contribution in [0.4, 0.5) is 18.0 Å². The molecule has 0 radical (unpaired) electrons. The fourth-order valence-electron chi connectivity index (χ4n) is 2.55. The number of carbonyl (C=O) groups is 1. The Morgan fingerprint density at radius 3 is 2.36 bits per heavy atom. The predicted molar refractivity (Wildman–Crippen MR) is 81.6 cm³/mol. The van der Waals surface area contributed by atoms with Gasteiger partial charge in [0, 0.05) is 35.6 Å². The van der Waals surface area contributed by atoms with E-state index in [1.807, 2.05) is 0 Å². The number of urea groups is 1. The zero-order chi connectivity index (χ0) is 16.2. The second-order valence-corrected chi connectivity index (χ2v) is 5.47. The van der Waals surface area contributed by atoms with Crippen LogP contribution in [0.15, 0.2) is 24.3 Å². The van der Waals surface area contributed by atoms with Crippen LogP contribution in [0.1, 0.15) is 26.8 Å². The minimum Gasteiger partial charge on any atom is -0.341 e. The van der Waals surface area contributed by atoms with Crippen LogP contribution in [0, 0.1) is 0 Å². The van der Waals surface area contributed by atoms with Crippen molar-refractivity contribution in [3.8, 4) is 0 Å². The topological polar surface area (TPSA) is 44.4 Å². The number of hydrogen-bond donors (Lipinski definition) is 2. The number of rotatable bonds is 3. The highest BCUT2D eigenvalue weighted by atomic mass is 19.4. The molecule has 1 heterocycles. The lowest BCUT2D eigenvalue weighted by Crippen LogP contribution is -2.46. The summed E-state index contributed by atoms with van der Waals surface area (Å²) in [6, 6.07) is 5.27. The van der Waals surface area contributed by atoms with E-state index in [2.05, 4.69) is 15.5 Å². The quantitative estimate of drug-likeness (QED) is 0.899. The van der Waals surface area contributed by atoms with Crippen LogP contribution in [0.3, 0.4) is 0 Å². The molecule has 1 aliphatic rings. The van der Waals surface area contributed by atoms with Crippen molar-refractivity contribution in [2.45, 2.75) is 31.6 Å².